The maximum absolute atomic E-state index is 12.6. The molecule has 9 nitrogen and oxygen atoms in total. The number of carbonyl (C=O) groups excluding carboxylic acids is 2. The van der Waals surface area contributed by atoms with E-state index in [-0.39, 0.29) is 23.7 Å². The molecule has 25 heavy (non-hydrogen) atoms. The molecule has 1 aromatic rings. The highest BCUT2D eigenvalue weighted by atomic mass is 16.2. The van der Waals surface area contributed by atoms with Crippen LogP contribution >= 0.6 is 0 Å². The third kappa shape index (κ3) is 4.33. The minimum atomic E-state index is 0.0331. The molecule has 1 aromatic heterocycles. The zero-order chi connectivity index (χ0) is 17.9. The molecule has 3 heterocycles. The molecule has 0 unspecified atom stereocenters. The van der Waals surface area contributed by atoms with Crippen LogP contribution in [0.25, 0.3) is 0 Å². The van der Waals surface area contributed by atoms with Crippen molar-refractivity contribution >= 4 is 11.8 Å². The molecule has 9 heteroatoms. The number of amides is 2. The zero-order valence-corrected chi connectivity index (χ0v) is 15.1. The summed E-state index contributed by atoms with van der Waals surface area (Å²) in [4.78, 5) is 30.8. The summed E-state index contributed by atoms with van der Waals surface area (Å²) < 4.78 is 0. The molecule has 2 aliphatic heterocycles. The maximum atomic E-state index is 12.6. The fraction of sp³-hybridized carbons (Fsp3) is 0.812. The Labute approximate surface area is 147 Å². The number of aromatic amines is 1. The normalized spacial score (nSPS) is 24.4. The average molecular weight is 349 g/mol. The molecule has 0 aliphatic carbocycles. The van der Waals surface area contributed by atoms with Crippen molar-refractivity contribution in [1.82, 2.24) is 35.3 Å². The number of tetrazole rings is 1. The molecule has 1 spiro atoms. The van der Waals surface area contributed by atoms with Crippen LogP contribution in [-0.4, -0.2) is 94.0 Å². The number of piperidine rings is 2. The molecule has 2 aliphatic rings. The predicted molar refractivity (Wildman–Crippen MR) is 90.5 cm³/mol. The third-order valence-electron chi connectivity index (χ3n) is 5.28. The van der Waals surface area contributed by atoms with Gasteiger partial charge in [-0.3, -0.25) is 9.59 Å². The van der Waals surface area contributed by atoms with Crippen molar-refractivity contribution in [3.8, 4) is 0 Å². The van der Waals surface area contributed by atoms with Crippen LogP contribution in [0.3, 0.4) is 0 Å². The molecular weight excluding hydrogens is 322 g/mol. The Hall–Kier alpha value is -2.03. The Morgan fingerprint density at radius 3 is 2.88 bits per heavy atom. The van der Waals surface area contributed by atoms with Crippen molar-refractivity contribution in [2.45, 2.75) is 32.1 Å². The second-order valence-electron chi connectivity index (χ2n) is 7.54. The molecule has 0 aromatic carbocycles. The zero-order valence-electron chi connectivity index (χ0n) is 15.1. The Bertz CT molecular complexity index is 604. The second-order valence-corrected chi connectivity index (χ2v) is 7.54. The van der Waals surface area contributed by atoms with Gasteiger partial charge in [-0.1, -0.05) is 5.21 Å². The Morgan fingerprint density at radius 2 is 2.16 bits per heavy atom. The lowest BCUT2D eigenvalue weighted by atomic mass is 9.73. The molecule has 138 valence electrons. The van der Waals surface area contributed by atoms with E-state index < -0.39 is 0 Å². The topological polar surface area (TPSA) is 98.3 Å². The molecular formula is C16H27N7O2. The van der Waals surface area contributed by atoms with Gasteiger partial charge in [0.25, 0.3) is 0 Å². The summed E-state index contributed by atoms with van der Waals surface area (Å²) in [6.45, 7) is 3.86. The smallest absolute Gasteiger partial charge is 0.230 e. The van der Waals surface area contributed by atoms with Crippen LogP contribution < -0.4 is 0 Å². The number of likely N-dealkylation sites (N-methyl/N-ethyl adjacent to an activating group) is 1. The lowest BCUT2D eigenvalue weighted by Crippen LogP contribution is -2.56. The van der Waals surface area contributed by atoms with Crippen molar-refractivity contribution in [1.29, 1.82) is 0 Å². The number of nitrogens with zero attached hydrogens (tertiary/aromatic N) is 6. The summed E-state index contributed by atoms with van der Waals surface area (Å²) in [6.07, 6.45) is 3.69. The fourth-order valence-electron chi connectivity index (χ4n) is 3.89. The first-order valence-electron chi connectivity index (χ1n) is 8.90. The summed E-state index contributed by atoms with van der Waals surface area (Å²) in [7, 11) is 4.03. The molecule has 0 radical (unpaired) electrons. The maximum Gasteiger partial charge on any atom is 0.230 e. The largest absolute Gasteiger partial charge is 0.342 e. The van der Waals surface area contributed by atoms with E-state index in [1.807, 2.05) is 23.9 Å². The Morgan fingerprint density at radius 1 is 1.32 bits per heavy atom. The van der Waals surface area contributed by atoms with Crippen LogP contribution in [0.15, 0.2) is 0 Å². The van der Waals surface area contributed by atoms with E-state index in [0.29, 0.717) is 12.2 Å². The molecule has 0 saturated carbocycles. The monoisotopic (exact) mass is 349 g/mol. The number of hydrogen-bond donors (Lipinski definition) is 1. The quantitative estimate of drug-likeness (QED) is 0.772. The lowest BCUT2D eigenvalue weighted by Gasteiger charge is -2.48. The summed E-state index contributed by atoms with van der Waals surface area (Å²) in [6, 6.07) is 0. The number of carbonyl (C=O) groups is 2. The van der Waals surface area contributed by atoms with Gasteiger partial charge in [-0.25, -0.2) is 0 Å². The average Bonchev–Trinajstić information content (AvgIpc) is 3.09. The number of aromatic nitrogens is 4. The van der Waals surface area contributed by atoms with Gasteiger partial charge in [-0.2, -0.15) is 5.21 Å². The van der Waals surface area contributed by atoms with Crippen molar-refractivity contribution in [3.63, 3.8) is 0 Å². The van der Waals surface area contributed by atoms with Crippen molar-refractivity contribution in [3.05, 3.63) is 5.82 Å². The first-order valence-corrected chi connectivity index (χ1v) is 8.90. The van der Waals surface area contributed by atoms with Crippen molar-refractivity contribution in [2.75, 3.05) is 46.8 Å². The van der Waals surface area contributed by atoms with Crippen LogP contribution in [0.2, 0.25) is 0 Å². The molecule has 2 saturated heterocycles. The van der Waals surface area contributed by atoms with E-state index in [1.54, 1.807) is 0 Å². The summed E-state index contributed by atoms with van der Waals surface area (Å²) in [5, 5.41) is 13.6. The molecule has 2 amide bonds. The van der Waals surface area contributed by atoms with Gasteiger partial charge in [0.1, 0.15) is 0 Å². The summed E-state index contributed by atoms with van der Waals surface area (Å²) in [5.41, 5.74) is 0.0331. The lowest BCUT2D eigenvalue weighted by molar-refractivity contribution is -0.143. The molecule has 0 bridgehead atoms. The number of hydrogen-bond acceptors (Lipinski definition) is 6. The van der Waals surface area contributed by atoms with Gasteiger partial charge in [0, 0.05) is 44.6 Å². The van der Waals surface area contributed by atoms with E-state index >= 15 is 0 Å². The van der Waals surface area contributed by atoms with E-state index in [9.17, 15) is 9.59 Å². The van der Waals surface area contributed by atoms with Crippen LogP contribution in [0.5, 0.6) is 0 Å². The van der Waals surface area contributed by atoms with E-state index in [2.05, 4.69) is 25.5 Å². The van der Waals surface area contributed by atoms with Crippen LogP contribution in [0.1, 0.15) is 31.5 Å². The minimum Gasteiger partial charge on any atom is -0.342 e. The van der Waals surface area contributed by atoms with Gasteiger partial charge in [-0.15, -0.1) is 10.2 Å². The highest BCUT2D eigenvalue weighted by Gasteiger charge is 2.42. The first kappa shape index (κ1) is 17.8. The van der Waals surface area contributed by atoms with Crippen molar-refractivity contribution < 1.29 is 9.59 Å². The van der Waals surface area contributed by atoms with Crippen molar-refractivity contribution in [2.24, 2.45) is 5.41 Å². The van der Waals surface area contributed by atoms with Gasteiger partial charge < -0.3 is 14.7 Å². The molecule has 3 rings (SSSR count). The number of nitrogens with one attached hydrogen (secondary N) is 1. The number of H-pyrrole nitrogens is 1. The number of likely N-dealkylation sites (tertiary alicyclic amines) is 2. The van der Waals surface area contributed by atoms with Gasteiger partial charge in [0.15, 0.2) is 5.82 Å². The van der Waals surface area contributed by atoms with E-state index in [4.69, 9.17) is 0 Å². The number of rotatable bonds is 5. The molecule has 2 fully saturated rings. The third-order valence-corrected chi connectivity index (χ3v) is 5.28. The first-order chi connectivity index (χ1) is 12.0. The van der Waals surface area contributed by atoms with Crippen LogP contribution in [0, 0.1) is 5.41 Å². The highest BCUT2D eigenvalue weighted by Crippen LogP contribution is 2.38. The fourth-order valence-corrected chi connectivity index (χ4v) is 3.89. The highest BCUT2D eigenvalue weighted by molar-refractivity contribution is 5.79. The Balaban J connectivity index is 1.62. The van der Waals surface area contributed by atoms with E-state index in [1.165, 1.54) is 0 Å². The van der Waals surface area contributed by atoms with Gasteiger partial charge >= 0.3 is 0 Å². The van der Waals surface area contributed by atoms with Crippen LogP contribution in [0.4, 0.5) is 0 Å². The van der Waals surface area contributed by atoms with Gasteiger partial charge in [0.2, 0.25) is 11.8 Å². The van der Waals surface area contributed by atoms with Gasteiger partial charge in [-0.05, 0) is 33.4 Å². The summed E-state index contributed by atoms with van der Waals surface area (Å²) in [5.74, 6) is 0.705. The Kier molecular flexibility index (Phi) is 5.31. The van der Waals surface area contributed by atoms with E-state index in [0.717, 1.165) is 52.0 Å². The van der Waals surface area contributed by atoms with Crippen LogP contribution in [-0.2, 0) is 16.0 Å². The minimum absolute atomic E-state index is 0.0331. The van der Waals surface area contributed by atoms with Gasteiger partial charge in [0.05, 0.1) is 6.42 Å². The second kappa shape index (κ2) is 7.47. The standard InChI is InChI=1S/C16H27N7O2/c1-21(2)8-9-23-12-16(6-4-14(23)24)5-3-7-22(11-16)15(25)10-13-17-19-20-18-13/h3-12H2,1-2H3,(H,17,18,19,20)/t16-/m0/s1. The molecule has 1 atom stereocenters. The summed E-state index contributed by atoms with van der Waals surface area (Å²) >= 11 is 0. The SMILES string of the molecule is CN(C)CCN1C[C@@]2(CCCN(C(=O)Cc3nn[nH]n3)C2)CCC1=O. The predicted octanol–water partition coefficient (Wildman–Crippen LogP) is -0.465. The molecule has 1 N–H and O–H groups in total.